The number of rotatable bonds is 6. The maximum Gasteiger partial charge on any atom is 0.352 e. The van der Waals surface area contributed by atoms with Crippen molar-refractivity contribution in [3.8, 4) is 5.69 Å². The molecule has 2 aromatic carbocycles. The van der Waals surface area contributed by atoms with Crippen molar-refractivity contribution >= 4 is 17.5 Å². The minimum atomic E-state index is -0.747. The van der Waals surface area contributed by atoms with Gasteiger partial charge in [0.05, 0.1) is 12.2 Å². The van der Waals surface area contributed by atoms with E-state index in [1.165, 1.54) is 0 Å². The molecule has 1 aromatic heterocycles. The number of carbonyl (C=O) groups excluding carboxylic acids is 1. The molecule has 8 heteroatoms. The summed E-state index contributed by atoms with van der Waals surface area (Å²) in [5.74, 6) is -0.617. The average molecular weight is 413 g/mol. The van der Waals surface area contributed by atoms with E-state index in [-0.39, 0.29) is 18.3 Å². The van der Waals surface area contributed by atoms with E-state index in [9.17, 15) is 14.4 Å². The summed E-state index contributed by atoms with van der Waals surface area (Å²) in [6, 6.07) is 15.4. The molecule has 7 nitrogen and oxygen atoms in total. The lowest BCUT2D eigenvalue weighted by molar-refractivity contribution is 0.0929. The molecule has 1 unspecified atom stereocenters. The number of halogens is 1. The van der Waals surface area contributed by atoms with Crippen LogP contribution in [0.1, 0.15) is 36.3 Å². The molecule has 0 saturated heterocycles. The van der Waals surface area contributed by atoms with Crippen molar-refractivity contribution in [2.75, 3.05) is 0 Å². The Morgan fingerprint density at radius 3 is 2.52 bits per heavy atom. The van der Waals surface area contributed by atoms with Crippen molar-refractivity contribution in [2.24, 2.45) is 0 Å². The van der Waals surface area contributed by atoms with E-state index < -0.39 is 17.2 Å². The van der Waals surface area contributed by atoms with Gasteiger partial charge in [-0.1, -0.05) is 48.9 Å². The normalized spacial score (nSPS) is 11.8. The second-order valence-electron chi connectivity index (χ2n) is 6.68. The number of carbonyl (C=O) groups is 1. The van der Waals surface area contributed by atoms with Gasteiger partial charge in [-0.2, -0.15) is 9.78 Å². The molecule has 0 radical (unpaired) electrons. The zero-order chi connectivity index (χ0) is 21.0. The molecular formula is C21H21ClN4O3. The first-order valence-corrected chi connectivity index (χ1v) is 9.63. The molecule has 150 valence electrons. The third-order valence-corrected chi connectivity index (χ3v) is 4.73. The Kier molecular flexibility index (Phi) is 6.29. The molecule has 0 fully saturated rings. The first kappa shape index (κ1) is 20.5. The third-order valence-electron chi connectivity index (χ3n) is 4.50. The van der Waals surface area contributed by atoms with Gasteiger partial charge in [0.1, 0.15) is 0 Å². The molecule has 0 saturated carbocycles. The van der Waals surface area contributed by atoms with E-state index in [0.29, 0.717) is 22.7 Å². The summed E-state index contributed by atoms with van der Waals surface area (Å²) >= 11 is 6.03. The van der Waals surface area contributed by atoms with Crippen molar-refractivity contribution in [3.63, 3.8) is 0 Å². The lowest BCUT2D eigenvalue weighted by Crippen LogP contribution is -2.47. The molecule has 1 heterocycles. The predicted octanol–water partition coefficient (Wildman–Crippen LogP) is 2.62. The molecule has 0 bridgehead atoms. The van der Waals surface area contributed by atoms with Crippen LogP contribution in [0.2, 0.25) is 5.02 Å². The van der Waals surface area contributed by atoms with Gasteiger partial charge in [0, 0.05) is 11.1 Å². The molecule has 0 spiro atoms. The molecule has 1 N–H and O–H groups in total. The van der Waals surface area contributed by atoms with E-state index in [0.717, 1.165) is 9.25 Å². The first-order chi connectivity index (χ1) is 13.9. The summed E-state index contributed by atoms with van der Waals surface area (Å²) in [6.45, 7) is 3.72. The molecular weight excluding hydrogens is 392 g/mol. The van der Waals surface area contributed by atoms with Gasteiger partial charge in [0.2, 0.25) is 5.69 Å². The number of nitrogens with one attached hydrogen (secondary N) is 1. The van der Waals surface area contributed by atoms with Crippen molar-refractivity contribution in [1.29, 1.82) is 0 Å². The van der Waals surface area contributed by atoms with Crippen LogP contribution >= 0.6 is 11.6 Å². The van der Waals surface area contributed by atoms with Crippen LogP contribution in [0.15, 0.2) is 64.2 Å². The molecule has 1 amide bonds. The van der Waals surface area contributed by atoms with E-state index in [4.69, 9.17) is 11.6 Å². The average Bonchev–Trinajstić information content (AvgIpc) is 2.71. The summed E-state index contributed by atoms with van der Waals surface area (Å²) in [6.07, 6.45) is 0.695. The summed E-state index contributed by atoms with van der Waals surface area (Å²) < 4.78 is 2.06. The Hall–Kier alpha value is -3.19. The van der Waals surface area contributed by atoms with E-state index in [1.54, 1.807) is 54.6 Å². The lowest BCUT2D eigenvalue weighted by Gasteiger charge is -2.14. The van der Waals surface area contributed by atoms with Crippen molar-refractivity contribution in [1.82, 2.24) is 19.7 Å². The van der Waals surface area contributed by atoms with Gasteiger partial charge in [-0.3, -0.25) is 14.2 Å². The van der Waals surface area contributed by atoms with Gasteiger partial charge >= 0.3 is 5.69 Å². The summed E-state index contributed by atoms with van der Waals surface area (Å²) in [5.41, 5.74) is -0.606. The maximum atomic E-state index is 13.0. The lowest BCUT2D eigenvalue weighted by atomic mass is 10.2. The van der Waals surface area contributed by atoms with Crippen LogP contribution in [0.4, 0.5) is 0 Å². The summed E-state index contributed by atoms with van der Waals surface area (Å²) in [7, 11) is 0. The quantitative estimate of drug-likeness (QED) is 0.674. The minimum Gasteiger partial charge on any atom is -0.348 e. The zero-order valence-corrected chi connectivity index (χ0v) is 16.9. The van der Waals surface area contributed by atoms with Crippen LogP contribution in [0.25, 0.3) is 5.69 Å². The summed E-state index contributed by atoms with van der Waals surface area (Å²) in [5, 5.41) is 7.30. The Bertz CT molecular complexity index is 1140. The molecule has 3 aromatic rings. The van der Waals surface area contributed by atoms with E-state index in [1.807, 2.05) is 13.8 Å². The number of hydrogen-bond acceptors (Lipinski definition) is 4. The molecule has 0 aliphatic carbocycles. The van der Waals surface area contributed by atoms with Gasteiger partial charge in [0.15, 0.2) is 0 Å². The first-order valence-electron chi connectivity index (χ1n) is 9.25. The highest BCUT2D eigenvalue weighted by molar-refractivity contribution is 6.30. The maximum absolute atomic E-state index is 13.0. The van der Waals surface area contributed by atoms with Gasteiger partial charge in [-0.25, -0.2) is 4.79 Å². The second kappa shape index (κ2) is 8.87. The van der Waals surface area contributed by atoms with Gasteiger partial charge < -0.3 is 5.32 Å². The fraction of sp³-hybridized carbons (Fsp3) is 0.238. The molecule has 1 atom stereocenters. The molecule has 0 aliphatic rings. The third kappa shape index (κ3) is 4.63. The van der Waals surface area contributed by atoms with Gasteiger partial charge in [-0.15, -0.1) is 0 Å². The number of nitrogens with zero attached hydrogens (tertiary/aromatic N) is 3. The number of para-hydroxylation sites is 1. The number of aromatic nitrogens is 3. The predicted molar refractivity (Wildman–Crippen MR) is 112 cm³/mol. The van der Waals surface area contributed by atoms with E-state index in [2.05, 4.69) is 10.4 Å². The second-order valence-corrected chi connectivity index (χ2v) is 7.12. The van der Waals surface area contributed by atoms with Crippen LogP contribution in [0.3, 0.4) is 0 Å². The highest BCUT2D eigenvalue weighted by atomic mass is 35.5. The van der Waals surface area contributed by atoms with Crippen molar-refractivity contribution in [2.45, 2.75) is 32.9 Å². The fourth-order valence-electron chi connectivity index (χ4n) is 2.75. The molecule has 29 heavy (non-hydrogen) atoms. The highest BCUT2D eigenvalue weighted by Crippen LogP contribution is 2.11. The van der Waals surface area contributed by atoms with E-state index >= 15 is 0 Å². The standard InChI is InChI=1S/C21H21ClN4O3/c1-3-14(2)23-19(27)18-20(28)25(13-15-8-7-9-16(22)12-15)21(29)26(24-18)17-10-5-4-6-11-17/h4-12,14H,3,13H2,1-2H3,(H,23,27). The largest absolute Gasteiger partial charge is 0.352 e. The monoisotopic (exact) mass is 412 g/mol. The van der Waals surface area contributed by atoms with Crippen LogP contribution < -0.4 is 16.6 Å². The van der Waals surface area contributed by atoms with Crippen LogP contribution in [0, 0.1) is 0 Å². The number of benzene rings is 2. The zero-order valence-electron chi connectivity index (χ0n) is 16.1. The highest BCUT2D eigenvalue weighted by Gasteiger charge is 2.21. The van der Waals surface area contributed by atoms with Crippen LogP contribution in [-0.2, 0) is 6.54 Å². The van der Waals surface area contributed by atoms with Crippen molar-refractivity contribution < 1.29 is 4.79 Å². The number of hydrogen-bond donors (Lipinski definition) is 1. The minimum absolute atomic E-state index is 0.0306. The van der Waals surface area contributed by atoms with Crippen molar-refractivity contribution in [3.05, 3.63) is 91.7 Å². The van der Waals surface area contributed by atoms with Crippen LogP contribution in [-0.4, -0.2) is 26.3 Å². The fourth-order valence-corrected chi connectivity index (χ4v) is 2.96. The molecule has 3 rings (SSSR count). The SMILES string of the molecule is CCC(C)NC(=O)c1nn(-c2ccccc2)c(=O)n(Cc2cccc(Cl)c2)c1=O. The Morgan fingerprint density at radius 1 is 1.14 bits per heavy atom. The smallest absolute Gasteiger partial charge is 0.348 e. The summed E-state index contributed by atoms with van der Waals surface area (Å²) in [4.78, 5) is 38.7. The Labute approximate surface area is 172 Å². The number of amides is 1. The Morgan fingerprint density at radius 2 is 1.86 bits per heavy atom. The van der Waals surface area contributed by atoms with Gasteiger partial charge in [-0.05, 0) is 43.2 Å². The Balaban J connectivity index is 2.18. The van der Waals surface area contributed by atoms with Gasteiger partial charge in [0.25, 0.3) is 11.5 Å². The molecule has 0 aliphatic heterocycles. The van der Waals surface area contributed by atoms with Crippen LogP contribution in [0.5, 0.6) is 0 Å². The topological polar surface area (TPSA) is 86.0 Å².